The van der Waals surface area contributed by atoms with Crippen LogP contribution < -0.4 is 10.5 Å². The Kier molecular flexibility index (Phi) is 8.63. The molecule has 1 heterocycles. The third-order valence-corrected chi connectivity index (χ3v) is 4.91. The Morgan fingerprint density at radius 3 is 2.29 bits per heavy atom. The molecule has 0 radical (unpaired) electrons. The summed E-state index contributed by atoms with van der Waals surface area (Å²) < 4.78 is 39.2. The van der Waals surface area contributed by atoms with Gasteiger partial charge in [-0.2, -0.15) is 13.2 Å². The first-order chi connectivity index (χ1) is 13.3. The Hall–Kier alpha value is -1.73. The molecule has 0 atom stereocenters. The largest absolute Gasteiger partial charge is 0.405 e. The van der Waals surface area contributed by atoms with Gasteiger partial charge in [-0.25, -0.2) is 0 Å². The second kappa shape index (κ2) is 10.7. The topological polar surface area (TPSA) is 56.3 Å². The van der Waals surface area contributed by atoms with Gasteiger partial charge in [-0.05, 0) is 31.0 Å². The van der Waals surface area contributed by atoms with Gasteiger partial charge in [0.15, 0.2) is 0 Å². The number of hydrogen-bond acceptors (Lipinski definition) is 3. The van der Waals surface area contributed by atoms with Crippen molar-refractivity contribution in [3.63, 3.8) is 0 Å². The molecule has 1 aromatic heterocycles. The Morgan fingerprint density at radius 2 is 1.64 bits per heavy atom. The Labute approximate surface area is 167 Å². The number of unbranched alkanes of at least 4 members (excludes halogenated alkanes) is 6. The summed E-state index contributed by atoms with van der Waals surface area (Å²) >= 11 is 6.09. The van der Waals surface area contributed by atoms with Gasteiger partial charge in [0, 0.05) is 35.8 Å². The molecule has 28 heavy (non-hydrogen) atoms. The van der Waals surface area contributed by atoms with E-state index >= 15 is 0 Å². The maximum absolute atomic E-state index is 13.1. The second-order valence-electron chi connectivity index (χ2n) is 6.95. The minimum Gasteiger partial charge on any atom is -0.396 e. The monoisotopic (exact) mass is 418 g/mol. The van der Waals surface area contributed by atoms with Crippen LogP contribution >= 0.6 is 11.6 Å². The van der Waals surface area contributed by atoms with E-state index < -0.39 is 12.7 Å². The molecule has 156 valence electrons. The maximum Gasteiger partial charge on any atom is 0.405 e. The van der Waals surface area contributed by atoms with Gasteiger partial charge in [0.05, 0.1) is 5.02 Å². The van der Waals surface area contributed by atoms with Crippen molar-refractivity contribution in [3.8, 4) is 0 Å². The molecule has 0 fully saturated rings. The number of H-pyrrole nitrogens is 1. The Bertz CT molecular complexity index is 808. The molecule has 2 N–H and O–H groups in total. The van der Waals surface area contributed by atoms with E-state index in [-0.39, 0.29) is 17.2 Å². The number of aromatic amines is 1. The number of fused-ring (bicyclic) bond motifs is 1. The SMILES string of the molecule is O=c1cc(Cl)c2cc(N(CCCCCCCCCO)CC(F)(F)F)ccc2[nH]1. The fourth-order valence-electron chi connectivity index (χ4n) is 3.21. The van der Waals surface area contributed by atoms with Crippen molar-refractivity contribution in [1.29, 1.82) is 0 Å². The van der Waals surface area contributed by atoms with Crippen LogP contribution in [0.4, 0.5) is 18.9 Å². The van der Waals surface area contributed by atoms with E-state index in [2.05, 4.69) is 4.98 Å². The molecule has 1 aromatic carbocycles. The summed E-state index contributed by atoms with van der Waals surface area (Å²) in [6.45, 7) is -0.533. The van der Waals surface area contributed by atoms with Gasteiger partial charge >= 0.3 is 6.18 Å². The number of alkyl halides is 3. The van der Waals surface area contributed by atoms with Gasteiger partial charge < -0.3 is 15.0 Å². The lowest BCUT2D eigenvalue weighted by Gasteiger charge is -2.26. The van der Waals surface area contributed by atoms with Gasteiger partial charge in [-0.1, -0.05) is 43.7 Å². The molecular weight excluding hydrogens is 393 g/mol. The van der Waals surface area contributed by atoms with Crippen molar-refractivity contribution in [3.05, 3.63) is 39.6 Å². The fourth-order valence-corrected chi connectivity index (χ4v) is 3.47. The number of pyridine rings is 1. The number of anilines is 1. The number of nitrogens with zero attached hydrogens (tertiary/aromatic N) is 1. The average molecular weight is 419 g/mol. The molecule has 0 aliphatic carbocycles. The zero-order valence-corrected chi connectivity index (χ0v) is 16.5. The molecular formula is C20H26ClF3N2O2. The smallest absolute Gasteiger partial charge is 0.396 e. The lowest BCUT2D eigenvalue weighted by atomic mass is 10.1. The molecule has 2 rings (SSSR count). The first-order valence-corrected chi connectivity index (χ1v) is 9.93. The van der Waals surface area contributed by atoms with Crippen LogP contribution in [0.2, 0.25) is 5.02 Å². The highest BCUT2D eigenvalue weighted by atomic mass is 35.5. The van der Waals surface area contributed by atoms with Crippen molar-refractivity contribution >= 4 is 28.2 Å². The number of aromatic nitrogens is 1. The molecule has 4 nitrogen and oxygen atoms in total. The van der Waals surface area contributed by atoms with Crippen molar-refractivity contribution < 1.29 is 18.3 Å². The van der Waals surface area contributed by atoms with Gasteiger partial charge in [0.2, 0.25) is 5.56 Å². The number of hydrogen-bond donors (Lipinski definition) is 2. The number of benzene rings is 1. The highest BCUT2D eigenvalue weighted by molar-refractivity contribution is 6.35. The molecule has 0 amide bonds. The van der Waals surface area contributed by atoms with Crippen LogP contribution in [0.5, 0.6) is 0 Å². The number of halogens is 4. The molecule has 0 aliphatic rings. The summed E-state index contributed by atoms with van der Waals surface area (Å²) in [6.07, 6.45) is 2.02. The first-order valence-electron chi connectivity index (χ1n) is 9.55. The zero-order chi connectivity index (χ0) is 20.6. The summed E-state index contributed by atoms with van der Waals surface area (Å²) in [6, 6.07) is 5.98. The molecule has 0 spiro atoms. The third kappa shape index (κ3) is 7.36. The molecule has 0 saturated carbocycles. The number of rotatable bonds is 11. The maximum atomic E-state index is 13.1. The van der Waals surface area contributed by atoms with Crippen LogP contribution in [0.15, 0.2) is 29.1 Å². The lowest BCUT2D eigenvalue weighted by molar-refractivity contribution is -0.119. The van der Waals surface area contributed by atoms with E-state index in [9.17, 15) is 18.0 Å². The van der Waals surface area contributed by atoms with Crippen molar-refractivity contribution in [1.82, 2.24) is 4.98 Å². The minimum absolute atomic E-state index is 0.204. The van der Waals surface area contributed by atoms with Crippen molar-refractivity contribution in [2.45, 2.75) is 51.1 Å². The Morgan fingerprint density at radius 1 is 1.00 bits per heavy atom. The van der Waals surface area contributed by atoms with Crippen LogP contribution in [-0.2, 0) is 0 Å². The van der Waals surface area contributed by atoms with E-state index in [4.69, 9.17) is 16.7 Å². The van der Waals surface area contributed by atoms with Crippen LogP contribution in [0.3, 0.4) is 0 Å². The summed E-state index contributed by atoms with van der Waals surface area (Å²) in [4.78, 5) is 15.4. The number of nitrogens with one attached hydrogen (secondary N) is 1. The van der Waals surface area contributed by atoms with Gasteiger partial charge in [0.1, 0.15) is 6.54 Å². The molecule has 0 unspecified atom stereocenters. The average Bonchev–Trinajstić information content (AvgIpc) is 2.61. The molecule has 8 heteroatoms. The van der Waals surface area contributed by atoms with Gasteiger partial charge in [-0.3, -0.25) is 4.79 Å². The lowest BCUT2D eigenvalue weighted by Crippen LogP contribution is -2.35. The van der Waals surface area contributed by atoms with E-state index in [1.54, 1.807) is 18.2 Å². The molecule has 0 saturated heterocycles. The van der Waals surface area contributed by atoms with Crippen LogP contribution in [0.1, 0.15) is 44.9 Å². The normalized spacial score (nSPS) is 11.9. The summed E-state index contributed by atoms with van der Waals surface area (Å²) in [5.41, 5.74) is 0.578. The standard InChI is InChI=1S/C20H26ClF3N2O2/c21-17-13-19(28)25-18-9-8-15(12-16(17)18)26(14-20(22,23)24)10-6-4-2-1-3-5-7-11-27/h8-9,12-13,27H,1-7,10-11,14H2,(H,25,28). The van der Waals surface area contributed by atoms with E-state index in [1.807, 2.05) is 0 Å². The predicted octanol–water partition coefficient (Wildman–Crippen LogP) is 5.27. The van der Waals surface area contributed by atoms with Crippen LogP contribution in [-0.4, -0.2) is 36.0 Å². The molecule has 0 bridgehead atoms. The second-order valence-corrected chi connectivity index (χ2v) is 7.35. The fraction of sp³-hybridized carbons (Fsp3) is 0.550. The quantitative estimate of drug-likeness (QED) is 0.488. The minimum atomic E-state index is -4.31. The van der Waals surface area contributed by atoms with Crippen LogP contribution in [0.25, 0.3) is 10.9 Å². The van der Waals surface area contributed by atoms with Crippen molar-refractivity contribution in [2.75, 3.05) is 24.6 Å². The van der Waals surface area contributed by atoms with Crippen molar-refractivity contribution in [2.24, 2.45) is 0 Å². The number of aliphatic hydroxyl groups excluding tert-OH is 1. The Balaban J connectivity index is 2.02. The number of aliphatic hydroxyl groups is 1. The van der Waals surface area contributed by atoms with Gasteiger partial charge in [-0.15, -0.1) is 0 Å². The third-order valence-electron chi connectivity index (χ3n) is 4.60. The zero-order valence-electron chi connectivity index (χ0n) is 15.7. The molecule has 0 aliphatic heterocycles. The highest BCUT2D eigenvalue weighted by Gasteiger charge is 2.30. The van der Waals surface area contributed by atoms with Crippen LogP contribution in [0, 0.1) is 0 Å². The summed E-state index contributed by atoms with van der Waals surface area (Å²) in [5.74, 6) is 0. The van der Waals surface area contributed by atoms with E-state index in [1.165, 1.54) is 11.0 Å². The molecule has 2 aromatic rings. The van der Waals surface area contributed by atoms with Gasteiger partial charge in [0.25, 0.3) is 0 Å². The highest BCUT2D eigenvalue weighted by Crippen LogP contribution is 2.28. The summed E-state index contributed by atoms with van der Waals surface area (Å²) in [7, 11) is 0. The predicted molar refractivity (Wildman–Crippen MR) is 107 cm³/mol. The van der Waals surface area contributed by atoms with E-state index in [0.717, 1.165) is 38.5 Å². The first kappa shape index (κ1) is 22.6. The summed E-state index contributed by atoms with van der Waals surface area (Å²) in [5, 5.41) is 9.48. The van der Waals surface area contributed by atoms with E-state index in [0.29, 0.717) is 29.6 Å².